The summed E-state index contributed by atoms with van der Waals surface area (Å²) in [6, 6.07) is 16.6. The quantitative estimate of drug-likeness (QED) is 0.773. The standard InChI is InChI=1S/C19H17FN2O2S/c1-22-17(13-6-8-14(20)9-7-13)10-11-18(22)19(23)21-15-4-3-5-16(12-15)25(2)24/h3-12H,1-2H3,(H,21,23). The lowest BCUT2D eigenvalue weighted by Crippen LogP contribution is -2.16. The molecule has 1 unspecified atom stereocenters. The molecule has 0 aliphatic heterocycles. The number of amides is 1. The molecule has 0 aliphatic carbocycles. The highest BCUT2D eigenvalue weighted by atomic mass is 32.2. The number of anilines is 1. The van der Waals surface area contributed by atoms with Crippen LogP contribution in [0.15, 0.2) is 65.6 Å². The number of aromatic nitrogens is 1. The predicted molar refractivity (Wildman–Crippen MR) is 97.5 cm³/mol. The van der Waals surface area contributed by atoms with Crippen molar-refractivity contribution in [3.63, 3.8) is 0 Å². The third-order valence-electron chi connectivity index (χ3n) is 3.92. The number of halogens is 1. The summed E-state index contributed by atoms with van der Waals surface area (Å²) in [7, 11) is 0.670. The molecular formula is C19H17FN2O2S. The Labute approximate surface area is 147 Å². The van der Waals surface area contributed by atoms with Crippen LogP contribution < -0.4 is 5.32 Å². The van der Waals surface area contributed by atoms with E-state index in [-0.39, 0.29) is 11.7 Å². The molecule has 3 rings (SSSR count). The Morgan fingerprint density at radius 1 is 1.08 bits per heavy atom. The van der Waals surface area contributed by atoms with E-state index in [2.05, 4.69) is 5.32 Å². The molecule has 0 aliphatic rings. The average Bonchev–Trinajstić information content (AvgIpc) is 2.97. The van der Waals surface area contributed by atoms with Gasteiger partial charge in [0.25, 0.3) is 5.91 Å². The van der Waals surface area contributed by atoms with E-state index in [1.807, 2.05) is 6.07 Å². The number of hydrogen-bond donors (Lipinski definition) is 1. The maximum absolute atomic E-state index is 13.1. The second-order valence-corrected chi connectivity index (χ2v) is 6.99. The lowest BCUT2D eigenvalue weighted by molar-refractivity contribution is 0.101. The summed E-state index contributed by atoms with van der Waals surface area (Å²) in [5, 5.41) is 2.81. The van der Waals surface area contributed by atoms with Gasteiger partial charge in [0.1, 0.15) is 11.5 Å². The fraction of sp³-hybridized carbons (Fsp3) is 0.105. The van der Waals surface area contributed by atoms with Crippen LogP contribution in [0.4, 0.5) is 10.1 Å². The van der Waals surface area contributed by atoms with Crippen molar-refractivity contribution in [2.75, 3.05) is 11.6 Å². The summed E-state index contributed by atoms with van der Waals surface area (Å²) < 4.78 is 26.4. The number of carbonyl (C=O) groups is 1. The van der Waals surface area contributed by atoms with E-state index in [4.69, 9.17) is 0 Å². The van der Waals surface area contributed by atoms with Crippen molar-refractivity contribution >= 4 is 22.4 Å². The number of benzene rings is 2. The lowest BCUT2D eigenvalue weighted by Gasteiger charge is -2.09. The zero-order valence-electron chi connectivity index (χ0n) is 13.8. The van der Waals surface area contributed by atoms with Gasteiger partial charge in [-0.2, -0.15) is 0 Å². The molecule has 6 heteroatoms. The topological polar surface area (TPSA) is 51.1 Å². The Kier molecular flexibility index (Phi) is 4.81. The predicted octanol–water partition coefficient (Wildman–Crippen LogP) is 3.82. The highest BCUT2D eigenvalue weighted by Crippen LogP contribution is 2.23. The largest absolute Gasteiger partial charge is 0.340 e. The normalized spacial score (nSPS) is 12.0. The van der Waals surface area contributed by atoms with Gasteiger partial charge >= 0.3 is 0 Å². The minimum Gasteiger partial charge on any atom is -0.340 e. The maximum atomic E-state index is 13.1. The smallest absolute Gasteiger partial charge is 0.272 e. The molecule has 1 N–H and O–H groups in total. The van der Waals surface area contributed by atoms with E-state index in [0.29, 0.717) is 16.3 Å². The van der Waals surface area contributed by atoms with Crippen molar-refractivity contribution < 1.29 is 13.4 Å². The molecule has 128 valence electrons. The maximum Gasteiger partial charge on any atom is 0.272 e. The monoisotopic (exact) mass is 356 g/mol. The second-order valence-electron chi connectivity index (χ2n) is 5.61. The van der Waals surface area contributed by atoms with Gasteiger partial charge in [-0.15, -0.1) is 0 Å². The molecule has 1 aromatic heterocycles. The Morgan fingerprint density at radius 2 is 1.80 bits per heavy atom. The van der Waals surface area contributed by atoms with Crippen molar-refractivity contribution in [3.05, 3.63) is 72.2 Å². The number of carbonyl (C=O) groups excluding carboxylic acids is 1. The van der Waals surface area contributed by atoms with Crippen molar-refractivity contribution in [1.82, 2.24) is 4.57 Å². The second kappa shape index (κ2) is 7.03. The first kappa shape index (κ1) is 17.1. The van der Waals surface area contributed by atoms with Crippen LogP contribution in [0.25, 0.3) is 11.3 Å². The summed E-state index contributed by atoms with van der Waals surface area (Å²) in [6.07, 6.45) is 1.59. The highest BCUT2D eigenvalue weighted by molar-refractivity contribution is 7.84. The molecule has 0 saturated carbocycles. The number of nitrogens with one attached hydrogen (secondary N) is 1. The Morgan fingerprint density at radius 3 is 2.48 bits per heavy atom. The lowest BCUT2D eigenvalue weighted by atomic mass is 10.1. The van der Waals surface area contributed by atoms with E-state index < -0.39 is 10.8 Å². The third kappa shape index (κ3) is 3.69. The molecule has 0 saturated heterocycles. The third-order valence-corrected chi connectivity index (χ3v) is 4.84. The van der Waals surface area contributed by atoms with Crippen LogP contribution in [0.3, 0.4) is 0 Å². The van der Waals surface area contributed by atoms with Crippen molar-refractivity contribution in [3.8, 4) is 11.3 Å². The Balaban J connectivity index is 1.85. The van der Waals surface area contributed by atoms with Crippen molar-refractivity contribution in [1.29, 1.82) is 0 Å². The zero-order chi connectivity index (χ0) is 18.0. The average molecular weight is 356 g/mol. The minimum absolute atomic E-state index is 0.269. The highest BCUT2D eigenvalue weighted by Gasteiger charge is 2.14. The van der Waals surface area contributed by atoms with Crippen molar-refractivity contribution in [2.24, 2.45) is 7.05 Å². The van der Waals surface area contributed by atoms with E-state index >= 15 is 0 Å². The molecule has 0 spiro atoms. The molecule has 0 radical (unpaired) electrons. The molecule has 0 fully saturated rings. The van der Waals surface area contributed by atoms with Gasteiger partial charge in [-0.1, -0.05) is 6.07 Å². The van der Waals surface area contributed by atoms with Gasteiger partial charge < -0.3 is 9.88 Å². The number of hydrogen-bond acceptors (Lipinski definition) is 2. The van der Waals surface area contributed by atoms with Gasteiger partial charge in [-0.3, -0.25) is 9.00 Å². The fourth-order valence-corrected chi connectivity index (χ4v) is 3.16. The Hall–Kier alpha value is -2.73. The summed E-state index contributed by atoms with van der Waals surface area (Å²) in [5.74, 6) is -0.570. The summed E-state index contributed by atoms with van der Waals surface area (Å²) in [5.41, 5.74) is 2.70. The van der Waals surface area contributed by atoms with Crippen LogP contribution >= 0.6 is 0 Å². The molecule has 1 heterocycles. The molecule has 4 nitrogen and oxygen atoms in total. The molecule has 25 heavy (non-hydrogen) atoms. The SMILES string of the molecule is Cn1c(C(=O)Nc2cccc(S(C)=O)c2)ccc1-c1ccc(F)cc1. The van der Waals surface area contributed by atoms with E-state index in [0.717, 1.165) is 11.3 Å². The van der Waals surface area contributed by atoms with Crippen LogP contribution in [-0.4, -0.2) is 20.9 Å². The summed E-state index contributed by atoms with van der Waals surface area (Å²) in [4.78, 5) is 13.2. The van der Waals surface area contributed by atoms with Crippen LogP contribution in [0.1, 0.15) is 10.5 Å². The number of rotatable bonds is 4. The van der Waals surface area contributed by atoms with E-state index in [9.17, 15) is 13.4 Å². The summed E-state index contributed by atoms with van der Waals surface area (Å²) >= 11 is 0. The van der Waals surface area contributed by atoms with Gasteiger partial charge in [-0.05, 0) is 60.2 Å². The fourth-order valence-electron chi connectivity index (χ4n) is 2.60. The molecule has 1 amide bonds. The van der Waals surface area contributed by atoms with Crippen LogP contribution in [0.2, 0.25) is 0 Å². The first-order valence-electron chi connectivity index (χ1n) is 7.62. The molecule has 0 bridgehead atoms. The molecular weight excluding hydrogens is 339 g/mol. The van der Waals surface area contributed by atoms with Gasteiger partial charge in [0.15, 0.2) is 0 Å². The first-order valence-corrected chi connectivity index (χ1v) is 9.18. The van der Waals surface area contributed by atoms with Crippen LogP contribution in [-0.2, 0) is 17.8 Å². The van der Waals surface area contributed by atoms with Gasteiger partial charge in [-0.25, -0.2) is 4.39 Å². The first-order chi connectivity index (χ1) is 12.0. The van der Waals surface area contributed by atoms with Gasteiger partial charge in [0.2, 0.25) is 0 Å². The van der Waals surface area contributed by atoms with E-state index in [1.165, 1.54) is 12.1 Å². The molecule has 1 atom stereocenters. The minimum atomic E-state index is -1.11. The number of nitrogens with zero attached hydrogens (tertiary/aromatic N) is 1. The summed E-state index contributed by atoms with van der Waals surface area (Å²) in [6.45, 7) is 0. The van der Waals surface area contributed by atoms with Crippen LogP contribution in [0, 0.1) is 5.82 Å². The van der Waals surface area contributed by atoms with Crippen LogP contribution in [0.5, 0.6) is 0 Å². The van der Waals surface area contributed by atoms with E-state index in [1.54, 1.807) is 60.3 Å². The molecule has 3 aromatic rings. The van der Waals surface area contributed by atoms with Gasteiger partial charge in [0.05, 0.1) is 0 Å². The van der Waals surface area contributed by atoms with Crippen molar-refractivity contribution in [2.45, 2.75) is 4.90 Å². The zero-order valence-corrected chi connectivity index (χ0v) is 14.6. The Bertz CT molecular complexity index is 948. The molecule has 2 aromatic carbocycles. The van der Waals surface area contributed by atoms with Gasteiger partial charge in [0, 0.05) is 40.4 Å².